The van der Waals surface area contributed by atoms with E-state index in [9.17, 15) is 0 Å². The molecule has 0 aliphatic rings. The fourth-order valence-corrected chi connectivity index (χ4v) is 4.89. The average molecular weight is 327 g/mol. The van der Waals surface area contributed by atoms with Crippen LogP contribution in [0.15, 0.2) is 0 Å². The molecule has 0 fully saturated rings. The van der Waals surface area contributed by atoms with Gasteiger partial charge >= 0.3 is 0 Å². The van der Waals surface area contributed by atoms with Gasteiger partial charge < -0.3 is 0 Å². The minimum atomic E-state index is -0.806. The molecule has 2 atom stereocenters. The van der Waals surface area contributed by atoms with E-state index < -0.39 is 8.07 Å². The zero-order valence-corrected chi connectivity index (χ0v) is 17.8. The molecule has 134 valence electrons. The first-order valence-corrected chi connectivity index (χ1v) is 14.1. The topological polar surface area (TPSA) is 0 Å². The summed E-state index contributed by atoms with van der Waals surface area (Å²) in [5.74, 6) is 1.99. The van der Waals surface area contributed by atoms with Crippen molar-refractivity contribution in [3.63, 3.8) is 0 Å². The Balaban J connectivity index is 3.82. The second-order valence-corrected chi connectivity index (χ2v) is 14.6. The number of rotatable bonds is 15. The van der Waals surface area contributed by atoms with Crippen molar-refractivity contribution in [2.24, 2.45) is 11.8 Å². The molecule has 0 amide bonds. The first-order chi connectivity index (χ1) is 10.4. The monoisotopic (exact) mass is 326 g/mol. The highest BCUT2D eigenvalue weighted by Gasteiger charge is 2.13. The first kappa shape index (κ1) is 22.2. The summed E-state index contributed by atoms with van der Waals surface area (Å²) in [5, 5.41) is 0. The van der Waals surface area contributed by atoms with Crippen LogP contribution in [-0.4, -0.2) is 8.07 Å². The van der Waals surface area contributed by atoms with Crippen LogP contribution < -0.4 is 0 Å². The molecule has 0 aromatic carbocycles. The molecule has 0 nitrogen and oxygen atoms in total. The van der Waals surface area contributed by atoms with Gasteiger partial charge in [-0.3, -0.25) is 0 Å². The number of unbranched alkanes of at least 4 members (excludes halogenated alkanes) is 3. The lowest BCUT2D eigenvalue weighted by Gasteiger charge is -2.19. The van der Waals surface area contributed by atoms with Gasteiger partial charge in [0.15, 0.2) is 0 Å². The maximum absolute atomic E-state index is 2.51. The van der Waals surface area contributed by atoms with Gasteiger partial charge in [-0.2, -0.15) is 0 Å². The molecule has 0 aliphatic carbocycles. The van der Waals surface area contributed by atoms with Crippen LogP contribution in [0.1, 0.15) is 97.8 Å². The molecule has 0 saturated carbocycles. The molecule has 0 spiro atoms. The zero-order chi connectivity index (χ0) is 16.8. The standard InChI is InChI=1S/C21H46Si/c1-7-9-16-21(18-12-13-19-22(4,5)6)17-11-10-15-20(3)14-8-2/h20-21H,7-19H2,1-6H3/t20?,21-/m0/s1. The third kappa shape index (κ3) is 15.1. The zero-order valence-electron chi connectivity index (χ0n) is 16.8. The van der Waals surface area contributed by atoms with Crippen molar-refractivity contribution in [3.8, 4) is 0 Å². The summed E-state index contributed by atoms with van der Waals surface area (Å²) in [6, 6.07) is 1.53. The van der Waals surface area contributed by atoms with Crippen LogP contribution in [-0.2, 0) is 0 Å². The van der Waals surface area contributed by atoms with Crippen molar-refractivity contribution in [1.29, 1.82) is 0 Å². The highest BCUT2D eigenvalue weighted by molar-refractivity contribution is 6.76. The maximum atomic E-state index is 2.51. The van der Waals surface area contributed by atoms with Crippen molar-refractivity contribution in [3.05, 3.63) is 0 Å². The molecule has 0 heterocycles. The van der Waals surface area contributed by atoms with Gasteiger partial charge in [-0.05, 0) is 11.8 Å². The van der Waals surface area contributed by atoms with Gasteiger partial charge in [0.2, 0.25) is 0 Å². The van der Waals surface area contributed by atoms with Crippen LogP contribution in [0.25, 0.3) is 0 Å². The predicted octanol–water partition coefficient (Wildman–Crippen LogP) is 8.30. The van der Waals surface area contributed by atoms with Gasteiger partial charge in [0.05, 0.1) is 0 Å². The van der Waals surface area contributed by atoms with Gasteiger partial charge in [0.25, 0.3) is 0 Å². The summed E-state index contributed by atoms with van der Waals surface area (Å²) in [4.78, 5) is 0. The number of hydrogen-bond donors (Lipinski definition) is 0. The molecule has 0 aromatic heterocycles. The minimum absolute atomic E-state index is 0.806. The van der Waals surface area contributed by atoms with Crippen molar-refractivity contribution < 1.29 is 0 Å². The van der Waals surface area contributed by atoms with Gasteiger partial charge in [-0.25, -0.2) is 0 Å². The molecule has 0 N–H and O–H groups in total. The molecule has 0 aromatic rings. The Kier molecular flexibility index (Phi) is 13.8. The molecule has 22 heavy (non-hydrogen) atoms. The lowest BCUT2D eigenvalue weighted by Crippen LogP contribution is -2.18. The molecule has 0 saturated heterocycles. The Morgan fingerprint density at radius 3 is 1.73 bits per heavy atom. The normalized spacial score (nSPS) is 15.0. The van der Waals surface area contributed by atoms with E-state index in [1.165, 1.54) is 83.1 Å². The van der Waals surface area contributed by atoms with Crippen molar-refractivity contribution in [2.75, 3.05) is 0 Å². The van der Waals surface area contributed by atoms with E-state index in [-0.39, 0.29) is 0 Å². The van der Waals surface area contributed by atoms with Crippen molar-refractivity contribution >= 4 is 8.07 Å². The maximum Gasteiger partial charge on any atom is 0.0442 e. The van der Waals surface area contributed by atoms with Crippen LogP contribution in [0.4, 0.5) is 0 Å². The van der Waals surface area contributed by atoms with E-state index in [0.717, 1.165) is 11.8 Å². The molecule has 0 rings (SSSR count). The molecule has 0 aliphatic heterocycles. The third-order valence-corrected chi connectivity index (χ3v) is 6.95. The van der Waals surface area contributed by atoms with Gasteiger partial charge in [0, 0.05) is 8.07 Å². The average Bonchev–Trinajstić information content (AvgIpc) is 2.43. The van der Waals surface area contributed by atoms with Crippen LogP contribution in [0.5, 0.6) is 0 Å². The summed E-state index contributed by atoms with van der Waals surface area (Å²) in [7, 11) is -0.806. The molecule has 1 heteroatoms. The summed E-state index contributed by atoms with van der Waals surface area (Å²) in [6.45, 7) is 14.6. The van der Waals surface area contributed by atoms with E-state index in [1.54, 1.807) is 0 Å². The highest BCUT2D eigenvalue weighted by atomic mass is 28.3. The van der Waals surface area contributed by atoms with Gasteiger partial charge in [-0.15, -0.1) is 0 Å². The van der Waals surface area contributed by atoms with Crippen LogP contribution in [0.3, 0.4) is 0 Å². The van der Waals surface area contributed by atoms with Gasteiger partial charge in [0.1, 0.15) is 0 Å². The van der Waals surface area contributed by atoms with Crippen LogP contribution >= 0.6 is 0 Å². The van der Waals surface area contributed by atoms with E-state index in [1.807, 2.05) is 0 Å². The fraction of sp³-hybridized carbons (Fsp3) is 1.00. The first-order valence-electron chi connectivity index (χ1n) is 10.4. The van der Waals surface area contributed by atoms with Crippen LogP contribution in [0.2, 0.25) is 25.7 Å². The molecule has 1 unspecified atom stereocenters. The fourth-order valence-electron chi connectivity index (χ4n) is 3.58. The van der Waals surface area contributed by atoms with Crippen LogP contribution in [0, 0.1) is 11.8 Å². The minimum Gasteiger partial charge on any atom is -0.0695 e. The summed E-state index contributed by atoms with van der Waals surface area (Å²) in [5.41, 5.74) is 0. The lowest BCUT2D eigenvalue weighted by molar-refractivity contribution is 0.366. The Morgan fingerprint density at radius 2 is 1.18 bits per heavy atom. The quantitative estimate of drug-likeness (QED) is 0.210. The van der Waals surface area contributed by atoms with Gasteiger partial charge in [-0.1, -0.05) is 124 Å². The molecular weight excluding hydrogens is 280 g/mol. The smallest absolute Gasteiger partial charge is 0.0442 e. The SMILES string of the molecule is CCCC[C@@H](CCCCC(C)CCC)CCCC[Si](C)(C)C. The molecule has 0 bridgehead atoms. The lowest BCUT2D eigenvalue weighted by atomic mass is 9.89. The Bertz CT molecular complexity index is 229. The second-order valence-electron chi connectivity index (χ2n) is 8.99. The Morgan fingerprint density at radius 1 is 0.636 bits per heavy atom. The second kappa shape index (κ2) is 13.6. The van der Waals surface area contributed by atoms with Crippen molar-refractivity contribution in [2.45, 2.75) is 124 Å². The third-order valence-electron chi connectivity index (χ3n) is 5.10. The van der Waals surface area contributed by atoms with Crippen molar-refractivity contribution in [1.82, 2.24) is 0 Å². The predicted molar refractivity (Wildman–Crippen MR) is 108 cm³/mol. The Labute approximate surface area is 143 Å². The highest BCUT2D eigenvalue weighted by Crippen LogP contribution is 2.25. The van der Waals surface area contributed by atoms with E-state index in [4.69, 9.17) is 0 Å². The molecule has 0 radical (unpaired) electrons. The number of hydrogen-bond acceptors (Lipinski definition) is 0. The summed E-state index contributed by atoms with van der Waals surface area (Å²) >= 11 is 0. The molecular formula is C21H46Si. The largest absolute Gasteiger partial charge is 0.0695 e. The Hall–Kier alpha value is 0.217. The summed E-state index contributed by atoms with van der Waals surface area (Å²) in [6.07, 6.45) is 17.5. The van der Waals surface area contributed by atoms with E-state index in [2.05, 4.69) is 40.4 Å². The van der Waals surface area contributed by atoms with E-state index in [0.29, 0.717) is 0 Å². The van der Waals surface area contributed by atoms with E-state index >= 15 is 0 Å². The summed E-state index contributed by atoms with van der Waals surface area (Å²) < 4.78 is 0.